The van der Waals surface area contributed by atoms with Crippen LogP contribution in [-0.4, -0.2) is 49.4 Å². The minimum Gasteiger partial charge on any atom is -0.491 e. The van der Waals surface area contributed by atoms with Crippen molar-refractivity contribution in [2.24, 2.45) is 0 Å². The van der Waals surface area contributed by atoms with Crippen molar-refractivity contribution in [1.29, 1.82) is 0 Å². The normalized spacial score (nSPS) is 11.1. The molecule has 2 N–H and O–H groups in total. The van der Waals surface area contributed by atoms with Gasteiger partial charge in [0.05, 0.1) is 56.1 Å². The number of carbonyl (C=O) groups is 2. The minimum absolute atomic E-state index is 0.0284. The zero-order valence-corrected chi connectivity index (χ0v) is 22.8. The van der Waals surface area contributed by atoms with Gasteiger partial charge in [0.15, 0.2) is 11.6 Å². The fraction of sp³-hybridized carbons (Fsp3) is 0.296. The molecule has 0 aliphatic carbocycles. The number of nitrogens with zero attached hydrogens (tertiary/aromatic N) is 5. The van der Waals surface area contributed by atoms with Gasteiger partial charge in [0.25, 0.3) is 11.5 Å². The van der Waals surface area contributed by atoms with E-state index in [2.05, 4.69) is 30.8 Å². The molecule has 0 bridgehead atoms. The van der Waals surface area contributed by atoms with Gasteiger partial charge in [-0.25, -0.2) is 14.2 Å². The van der Waals surface area contributed by atoms with Crippen LogP contribution >= 0.6 is 0 Å². The first kappa shape index (κ1) is 28.9. The molecule has 2 amide bonds. The standard InChI is InChI=1S/C27H28FN7O6/c1-27(2,3)41-26(38)32-19-13-29-18(23(28)24(19)39-4)12-31-25(37)20-14-30-21(40-20)11-16-8-9-17(34-33-16)15-35-10-6-5-7-22(35)36/h5-10,13-14H,11-12,15H2,1-4H3,(H,31,37)(H,32,38). The zero-order chi connectivity index (χ0) is 29.6. The number of halogens is 1. The van der Waals surface area contributed by atoms with E-state index in [0.29, 0.717) is 11.4 Å². The van der Waals surface area contributed by atoms with E-state index in [-0.39, 0.29) is 53.9 Å². The van der Waals surface area contributed by atoms with Crippen LogP contribution in [0.2, 0.25) is 0 Å². The molecule has 4 aromatic rings. The monoisotopic (exact) mass is 565 g/mol. The smallest absolute Gasteiger partial charge is 0.412 e. The lowest BCUT2D eigenvalue weighted by Crippen LogP contribution is -2.27. The number of nitrogens with one attached hydrogen (secondary N) is 2. The number of hydrogen-bond acceptors (Lipinski definition) is 10. The van der Waals surface area contributed by atoms with E-state index in [1.54, 1.807) is 51.2 Å². The number of anilines is 1. The number of aromatic nitrogens is 5. The molecule has 214 valence electrons. The molecule has 0 aromatic carbocycles. The molecule has 0 saturated carbocycles. The maximum atomic E-state index is 15.0. The van der Waals surface area contributed by atoms with Crippen LogP contribution in [0.3, 0.4) is 0 Å². The van der Waals surface area contributed by atoms with Crippen LogP contribution in [0.25, 0.3) is 0 Å². The van der Waals surface area contributed by atoms with Gasteiger partial charge in [-0.1, -0.05) is 6.07 Å². The Morgan fingerprint density at radius 2 is 1.83 bits per heavy atom. The van der Waals surface area contributed by atoms with E-state index in [0.717, 1.165) is 0 Å². The number of oxazole rings is 1. The molecule has 0 aliphatic rings. The van der Waals surface area contributed by atoms with Gasteiger partial charge in [0.1, 0.15) is 11.3 Å². The first-order valence-electron chi connectivity index (χ1n) is 12.4. The Morgan fingerprint density at radius 1 is 1.07 bits per heavy atom. The fourth-order valence-electron chi connectivity index (χ4n) is 3.57. The second kappa shape index (κ2) is 12.4. The summed E-state index contributed by atoms with van der Waals surface area (Å²) < 4.78 is 32.3. The van der Waals surface area contributed by atoms with Crippen LogP contribution in [0.1, 0.15) is 54.3 Å². The van der Waals surface area contributed by atoms with Gasteiger partial charge in [-0.05, 0) is 39.0 Å². The molecule has 4 heterocycles. The van der Waals surface area contributed by atoms with Gasteiger partial charge in [-0.2, -0.15) is 10.2 Å². The molecular formula is C27H28FN7O6. The maximum absolute atomic E-state index is 15.0. The van der Waals surface area contributed by atoms with Crippen molar-refractivity contribution in [3.05, 3.63) is 93.8 Å². The highest BCUT2D eigenvalue weighted by molar-refractivity contribution is 5.91. The number of hydrogen-bond donors (Lipinski definition) is 2. The number of amides is 2. The predicted octanol–water partition coefficient (Wildman–Crippen LogP) is 3.09. The Bertz CT molecular complexity index is 1590. The van der Waals surface area contributed by atoms with Crippen LogP contribution in [0.5, 0.6) is 5.75 Å². The first-order valence-corrected chi connectivity index (χ1v) is 12.4. The largest absolute Gasteiger partial charge is 0.491 e. The lowest BCUT2D eigenvalue weighted by Gasteiger charge is -2.20. The summed E-state index contributed by atoms with van der Waals surface area (Å²) in [6.07, 6.45) is 3.48. The fourth-order valence-corrected chi connectivity index (χ4v) is 3.57. The van der Waals surface area contributed by atoms with Gasteiger partial charge < -0.3 is 23.8 Å². The summed E-state index contributed by atoms with van der Waals surface area (Å²) in [5.74, 6) is -1.64. The Labute approximate surface area is 233 Å². The number of pyridine rings is 2. The third-order valence-corrected chi connectivity index (χ3v) is 5.42. The van der Waals surface area contributed by atoms with Crippen LogP contribution < -0.4 is 20.9 Å². The third-order valence-electron chi connectivity index (χ3n) is 5.42. The second-order valence-electron chi connectivity index (χ2n) is 9.75. The number of methoxy groups -OCH3 is 1. The molecule has 0 saturated heterocycles. The average molecular weight is 566 g/mol. The Kier molecular flexibility index (Phi) is 8.70. The van der Waals surface area contributed by atoms with E-state index in [1.165, 1.54) is 30.1 Å². The van der Waals surface area contributed by atoms with Gasteiger partial charge in [-0.3, -0.25) is 19.9 Å². The first-order chi connectivity index (χ1) is 19.5. The molecule has 13 nitrogen and oxygen atoms in total. The van der Waals surface area contributed by atoms with Crippen molar-refractivity contribution in [1.82, 2.24) is 30.0 Å². The van der Waals surface area contributed by atoms with E-state index in [4.69, 9.17) is 13.9 Å². The van der Waals surface area contributed by atoms with Gasteiger partial charge in [-0.15, -0.1) is 0 Å². The van der Waals surface area contributed by atoms with Crippen molar-refractivity contribution >= 4 is 17.7 Å². The average Bonchev–Trinajstić information content (AvgIpc) is 3.38. The van der Waals surface area contributed by atoms with E-state index in [9.17, 15) is 18.8 Å². The third kappa shape index (κ3) is 7.71. The number of carbonyl (C=O) groups excluding carboxylic acids is 2. The van der Waals surface area contributed by atoms with Crippen LogP contribution in [0.4, 0.5) is 14.9 Å². The highest BCUT2D eigenvalue weighted by atomic mass is 19.1. The Morgan fingerprint density at radius 3 is 2.51 bits per heavy atom. The predicted molar refractivity (Wildman–Crippen MR) is 143 cm³/mol. The van der Waals surface area contributed by atoms with E-state index < -0.39 is 23.4 Å². The molecule has 0 aliphatic heterocycles. The van der Waals surface area contributed by atoms with Crippen LogP contribution in [0.15, 0.2) is 58.1 Å². The maximum Gasteiger partial charge on any atom is 0.412 e. The number of ether oxygens (including phenoxy) is 2. The summed E-state index contributed by atoms with van der Waals surface area (Å²) in [6.45, 7) is 5.06. The lowest BCUT2D eigenvalue weighted by atomic mass is 10.2. The summed E-state index contributed by atoms with van der Waals surface area (Å²) in [5.41, 5.74) is 0.0884. The van der Waals surface area contributed by atoms with Crippen molar-refractivity contribution in [3.8, 4) is 5.75 Å². The van der Waals surface area contributed by atoms with E-state index >= 15 is 0 Å². The van der Waals surface area contributed by atoms with E-state index in [1.807, 2.05) is 0 Å². The van der Waals surface area contributed by atoms with Crippen molar-refractivity contribution in [3.63, 3.8) is 0 Å². The summed E-state index contributed by atoms with van der Waals surface area (Å²) in [6, 6.07) is 8.34. The van der Waals surface area contributed by atoms with Gasteiger partial charge in [0.2, 0.25) is 11.7 Å². The molecule has 0 fully saturated rings. The highest BCUT2D eigenvalue weighted by Crippen LogP contribution is 2.29. The van der Waals surface area contributed by atoms with Crippen LogP contribution in [-0.2, 0) is 24.2 Å². The topological polar surface area (TPSA) is 163 Å². The molecular weight excluding hydrogens is 537 g/mol. The molecule has 4 rings (SSSR count). The molecule has 0 spiro atoms. The van der Waals surface area contributed by atoms with Crippen LogP contribution in [0, 0.1) is 5.82 Å². The lowest BCUT2D eigenvalue weighted by molar-refractivity contribution is 0.0635. The Hall–Kier alpha value is -5.14. The quantitative estimate of drug-likeness (QED) is 0.308. The number of rotatable bonds is 9. The zero-order valence-electron chi connectivity index (χ0n) is 22.8. The van der Waals surface area contributed by atoms with Gasteiger partial charge >= 0.3 is 6.09 Å². The van der Waals surface area contributed by atoms with Crippen molar-refractivity contribution in [2.45, 2.75) is 45.9 Å². The molecule has 0 unspecified atom stereocenters. The summed E-state index contributed by atoms with van der Waals surface area (Å²) in [4.78, 5) is 44.6. The Balaban J connectivity index is 1.34. The van der Waals surface area contributed by atoms with Crippen molar-refractivity contribution in [2.75, 3.05) is 12.4 Å². The summed E-state index contributed by atoms with van der Waals surface area (Å²) in [5, 5.41) is 13.2. The summed E-state index contributed by atoms with van der Waals surface area (Å²) in [7, 11) is 1.24. The molecule has 41 heavy (non-hydrogen) atoms. The SMILES string of the molecule is COc1c(NC(=O)OC(C)(C)C)cnc(CNC(=O)c2cnc(Cc3ccc(Cn4ccccc4=O)nn3)o2)c1F. The van der Waals surface area contributed by atoms with Gasteiger partial charge in [0, 0.05) is 12.3 Å². The minimum atomic E-state index is -0.862. The highest BCUT2D eigenvalue weighted by Gasteiger charge is 2.22. The molecule has 0 radical (unpaired) electrons. The van der Waals surface area contributed by atoms with Crippen molar-refractivity contribution < 1.29 is 27.9 Å². The molecule has 0 atom stereocenters. The summed E-state index contributed by atoms with van der Waals surface area (Å²) >= 11 is 0. The molecule has 4 aromatic heterocycles. The molecule has 14 heteroatoms. The second-order valence-corrected chi connectivity index (χ2v) is 9.75.